The van der Waals surface area contributed by atoms with Crippen molar-refractivity contribution in [3.8, 4) is 5.75 Å². The third kappa shape index (κ3) is 8.53. The molecule has 0 aliphatic carbocycles. The third-order valence-electron chi connectivity index (χ3n) is 3.47. The van der Waals surface area contributed by atoms with Crippen LogP contribution in [0, 0.1) is 11.6 Å². The monoisotopic (exact) mass is 491 g/mol. The van der Waals surface area contributed by atoms with Gasteiger partial charge in [-0.1, -0.05) is 18.2 Å². The Morgan fingerprint density at radius 3 is 2.48 bits per heavy atom. The van der Waals surface area contributed by atoms with Gasteiger partial charge >= 0.3 is 0 Å². The van der Waals surface area contributed by atoms with E-state index in [1.165, 1.54) is 30.3 Å². The average Bonchev–Trinajstić information content (AvgIpc) is 2.64. The molecule has 1 atom stereocenters. The Balaban J connectivity index is 0.00000364. The molecule has 0 bridgehead atoms. The highest BCUT2D eigenvalue weighted by Gasteiger charge is 2.08. The fraction of sp³-hybridized carbons (Fsp3) is 0.316. The molecule has 0 heterocycles. The van der Waals surface area contributed by atoms with Crippen LogP contribution >= 0.6 is 24.0 Å². The molecule has 0 fully saturated rings. The number of nitrogens with one attached hydrogen (secondary N) is 2. The molecular weight excluding hydrogens is 467 g/mol. The number of rotatable bonds is 8. The van der Waals surface area contributed by atoms with E-state index in [0.29, 0.717) is 23.8 Å². The number of aliphatic hydroxyl groups is 1. The summed E-state index contributed by atoms with van der Waals surface area (Å²) in [5.74, 6) is 0.294. The number of nitrogens with zero attached hydrogens (tertiary/aromatic N) is 1. The fourth-order valence-corrected chi connectivity index (χ4v) is 2.13. The number of ether oxygens (including phenoxy) is 1. The fourth-order valence-electron chi connectivity index (χ4n) is 2.13. The maximum atomic E-state index is 13.6. The Morgan fingerprint density at radius 2 is 1.81 bits per heavy atom. The summed E-state index contributed by atoms with van der Waals surface area (Å²) in [6, 6.07) is 12.0. The normalized spacial score (nSPS) is 12.1. The molecule has 0 radical (unpaired) electrons. The minimum atomic E-state index is -0.794. The van der Waals surface area contributed by atoms with Crippen LogP contribution in [0.1, 0.15) is 12.5 Å². The second-order valence-corrected chi connectivity index (χ2v) is 5.59. The van der Waals surface area contributed by atoms with E-state index in [1.54, 1.807) is 18.2 Å². The molecule has 27 heavy (non-hydrogen) atoms. The first-order valence-electron chi connectivity index (χ1n) is 8.40. The lowest BCUT2D eigenvalue weighted by atomic mass is 10.2. The Kier molecular flexibility index (Phi) is 10.6. The van der Waals surface area contributed by atoms with Crippen LogP contribution < -0.4 is 15.4 Å². The molecule has 5 nitrogen and oxygen atoms in total. The molecule has 148 valence electrons. The summed E-state index contributed by atoms with van der Waals surface area (Å²) in [6.07, 6.45) is -0.794. The first kappa shape index (κ1) is 23.1. The van der Waals surface area contributed by atoms with E-state index in [4.69, 9.17) is 4.74 Å². The van der Waals surface area contributed by atoms with Crippen molar-refractivity contribution in [2.45, 2.75) is 19.6 Å². The van der Waals surface area contributed by atoms with Crippen LogP contribution in [-0.4, -0.2) is 36.9 Å². The summed E-state index contributed by atoms with van der Waals surface area (Å²) in [4.78, 5) is 4.31. The first-order valence-corrected chi connectivity index (χ1v) is 8.40. The molecule has 0 amide bonds. The summed E-state index contributed by atoms with van der Waals surface area (Å²) in [7, 11) is 0. The minimum Gasteiger partial charge on any atom is -0.491 e. The summed E-state index contributed by atoms with van der Waals surface area (Å²) < 4.78 is 31.9. The summed E-state index contributed by atoms with van der Waals surface area (Å²) in [6.45, 7) is 2.97. The van der Waals surface area contributed by atoms with Gasteiger partial charge < -0.3 is 20.5 Å². The lowest BCUT2D eigenvalue weighted by molar-refractivity contribution is 0.110. The van der Waals surface area contributed by atoms with Crippen LogP contribution in [0.15, 0.2) is 53.5 Å². The number of guanidine groups is 1. The van der Waals surface area contributed by atoms with E-state index in [1.807, 2.05) is 6.92 Å². The van der Waals surface area contributed by atoms with Gasteiger partial charge in [-0.3, -0.25) is 0 Å². The third-order valence-corrected chi connectivity index (χ3v) is 3.47. The quantitative estimate of drug-likeness (QED) is 0.302. The lowest BCUT2D eigenvalue weighted by Crippen LogP contribution is -2.42. The van der Waals surface area contributed by atoms with Crippen molar-refractivity contribution in [3.63, 3.8) is 0 Å². The first-order chi connectivity index (χ1) is 12.6. The van der Waals surface area contributed by atoms with E-state index in [9.17, 15) is 13.9 Å². The lowest BCUT2D eigenvalue weighted by Gasteiger charge is -2.16. The Labute approximate surface area is 174 Å². The highest BCUT2D eigenvalue weighted by Crippen LogP contribution is 2.11. The number of halogens is 3. The van der Waals surface area contributed by atoms with Gasteiger partial charge in [0.2, 0.25) is 0 Å². The number of hydrogen-bond donors (Lipinski definition) is 3. The second-order valence-electron chi connectivity index (χ2n) is 5.59. The van der Waals surface area contributed by atoms with E-state index in [2.05, 4.69) is 15.6 Å². The number of hydrogen-bond acceptors (Lipinski definition) is 3. The van der Waals surface area contributed by atoms with Crippen molar-refractivity contribution in [1.29, 1.82) is 0 Å². The standard InChI is InChI=1S/C19H23F2N3O2.HI/c1-2-22-19(23-11-14-5-3-4-6-18(14)21)24-12-16(25)13-26-17-9-7-15(20)8-10-17;/h3-10,16,25H,2,11-13H2,1H3,(H2,22,23,24);1H. The van der Waals surface area contributed by atoms with Crippen LogP contribution in [0.2, 0.25) is 0 Å². The maximum absolute atomic E-state index is 13.6. The number of aliphatic imine (C=N–C) groups is 1. The molecule has 0 spiro atoms. The average molecular weight is 491 g/mol. The van der Waals surface area contributed by atoms with Gasteiger partial charge in [-0.05, 0) is 37.3 Å². The molecule has 0 aliphatic heterocycles. The zero-order chi connectivity index (χ0) is 18.8. The van der Waals surface area contributed by atoms with Crippen molar-refractivity contribution >= 4 is 29.9 Å². The van der Waals surface area contributed by atoms with Gasteiger partial charge in [0.1, 0.15) is 30.1 Å². The molecule has 0 aromatic heterocycles. The Hall–Kier alpha value is -1.94. The van der Waals surface area contributed by atoms with Crippen LogP contribution in [0.25, 0.3) is 0 Å². The highest BCUT2D eigenvalue weighted by molar-refractivity contribution is 14.0. The molecule has 0 saturated carbocycles. The van der Waals surface area contributed by atoms with E-state index in [0.717, 1.165) is 0 Å². The minimum absolute atomic E-state index is 0. The molecule has 8 heteroatoms. The van der Waals surface area contributed by atoms with Crippen molar-refractivity contribution in [2.24, 2.45) is 4.99 Å². The molecule has 2 aromatic rings. The van der Waals surface area contributed by atoms with Crippen molar-refractivity contribution in [3.05, 3.63) is 65.7 Å². The van der Waals surface area contributed by atoms with Crippen LogP contribution in [0.5, 0.6) is 5.75 Å². The molecule has 0 saturated heterocycles. The summed E-state index contributed by atoms with van der Waals surface area (Å²) in [5, 5.41) is 16.0. The van der Waals surface area contributed by atoms with Gasteiger partial charge in [0.05, 0.1) is 6.54 Å². The molecule has 2 aromatic carbocycles. The van der Waals surface area contributed by atoms with Gasteiger partial charge in [-0.25, -0.2) is 13.8 Å². The molecule has 3 N–H and O–H groups in total. The maximum Gasteiger partial charge on any atom is 0.191 e. The van der Waals surface area contributed by atoms with Gasteiger partial charge in [-0.15, -0.1) is 24.0 Å². The van der Waals surface area contributed by atoms with Crippen molar-refractivity contribution in [2.75, 3.05) is 19.7 Å². The Bertz CT molecular complexity index is 714. The number of aliphatic hydroxyl groups excluding tert-OH is 1. The topological polar surface area (TPSA) is 65.9 Å². The van der Waals surface area contributed by atoms with Gasteiger partial charge in [0.25, 0.3) is 0 Å². The van der Waals surface area contributed by atoms with E-state index in [-0.39, 0.29) is 55.3 Å². The summed E-state index contributed by atoms with van der Waals surface area (Å²) >= 11 is 0. The van der Waals surface area contributed by atoms with E-state index >= 15 is 0 Å². The number of benzene rings is 2. The van der Waals surface area contributed by atoms with Crippen LogP contribution in [0.4, 0.5) is 8.78 Å². The predicted molar refractivity (Wildman–Crippen MR) is 113 cm³/mol. The second kappa shape index (κ2) is 12.4. The largest absolute Gasteiger partial charge is 0.491 e. The van der Waals surface area contributed by atoms with Gasteiger partial charge in [0, 0.05) is 18.7 Å². The van der Waals surface area contributed by atoms with Crippen LogP contribution in [-0.2, 0) is 6.54 Å². The van der Waals surface area contributed by atoms with Crippen LogP contribution in [0.3, 0.4) is 0 Å². The van der Waals surface area contributed by atoms with Gasteiger partial charge in [-0.2, -0.15) is 0 Å². The van der Waals surface area contributed by atoms with Crippen molar-refractivity contribution < 1.29 is 18.6 Å². The molecule has 0 aliphatic rings. The predicted octanol–water partition coefficient (Wildman–Crippen LogP) is 3.08. The molecule has 2 rings (SSSR count). The molecular formula is C19H24F2IN3O2. The SMILES string of the molecule is CCNC(=NCc1ccccc1F)NCC(O)COc1ccc(F)cc1.I. The molecule has 1 unspecified atom stereocenters. The van der Waals surface area contributed by atoms with Gasteiger partial charge in [0.15, 0.2) is 5.96 Å². The highest BCUT2D eigenvalue weighted by atomic mass is 127. The van der Waals surface area contributed by atoms with Crippen molar-refractivity contribution in [1.82, 2.24) is 10.6 Å². The summed E-state index contributed by atoms with van der Waals surface area (Å²) in [5.41, 5.74) is 0.491. The zero-order valence-corrected chi connectivity index (χ0v) is 17.3. The zero-order valence-electron chi connectivity index (χ0n) is 15.0. The van der Waals surface area contributed by atoms with E-state index < -0.39 is 6.10 Å². The Morgan fingerprint density at radius 1 is 1.11 bits per heavy atom. The smallest absolute Gasteiger partial charge is 0.191 e.